The number of rotatable bonds is 2. The Hall–Kier alpha value is -0.890. The standard InChI is InChI=1S/C14H19FN/c1-11-7-6-10-16(11)14(2,3)12-8-4-5-9-13(12)15/h4-5,8-9H,6-7,10H2,1-3H3. The molecule has 2 heteroatoms. The van der Waals surface area contributed by atoms with Crippen molar-refractivity contribution in [1.82, 2.24) is 4.90 Å². The molecule has 1 heterocycles. The van der Waals surface area contributed by atoms with Gasteiger partial charge in [0.05, 0.1) is 0 Å². The molecule has 0 saturated carbocycles. The Kier molecular flexibility index (Phi) is 3.02. The van der Waals surface area contributed by atoms with Crippen molar-refractivity contribution in [2.45, 2.75) is 39.2 Å². The predicted octanol–water partition coefficient (Wildman–Crippen LogP) is 3.71. The first-order chi connectivity index (χ1) is 7.53. The fourth-order valence-electron chi connectivity index (χ4n) is 2.68. The van der Waals surface area contributed by atoms with Gasteiger partial charge >= 0.3 is 0 Å². The lowest BCUT2D eigenvalue weighted by Gasteiger charge is -2.38. The van der Waals surface area contributed by atoms with E-state index in [1.54, 1.807) is 12.1 Å². The van der Waals surface area contributed by atoms with Crippen LogP contribution in [0.5, 0.6) is 0 Å². The molecular formula is C14H19FN. The molecule has 1 aliphatic heterocycles. The normalized spacial score (nSPS) is 19.2. The maximum Gasteiger partial charge on any atom is 0.128 e. The van der Waals surface area contributed by atoms with Gasteiger partial charge in [0.2, 0.25) is 0 Å². The molecule has 0 bridgehead atoms. The third-order valence-corrected chi connectivity index (χ3v) is 3.59. The Bertz CT molecular complexity index is 373. The van der Waals surface area contributed by atoms with Gasteiger partial charge in [-0.25, -0.2) is 4.39 Å². The predicted molar refractivity (Wildman–Crippen MR) is 64.3 cm³/mol. The molecule has 0 aliphatic carbocycles. The zero-order valence-corrected chi connectivity index (χ0v) is 10.3. The average Bonchev–Trinajstić information content (AvgIpc) is 2.65. The van der Waals surface area contributed by atoms with Crippen LogP contribution in [-0.4, -0.2) is 11.4 Å². The fourth-order valence-corrected chi connectivity index (χ4v) is 2.68. The summed E-state index contributed by atoms with van der Waals surface area (Å²) < 4.78 is 13.8. The molecule has 1 aliphatic rings. The first-order valence-corrected chi connectivity index (χ1v) is 5.88. The molecule has 0 aromatic heterocycles. The summed E-state index contributed by atoms with van der Waals surface area (Å²) in [6, 6.07) is 8.46. The van der Waals surface area contributed by atoms with Crippen LogP contribution in [0.4, 0.5) is 4.39 Å². The Labute approximate surface area is 97.3 Å². The van der Waals surface area contributed by atoms with E-state index in [0.29, 0.717) is 0 Å². The highest BCUT2D eigenvalue weighted by Crippen LogP contribution is 2.38. The van der Waals surface area contributed by atoms with Crippen molar-refractivity contribution in [2.24, 2.45) is 0 Å². The van der Waals surface area contributed by atoms with Crippen molar-refractivity contribution < 1.29 is 4.39 Å². The van der Waals surface area contributed by atoms with Crippen molar-refractivity contribution in [2.75, 3.05) is 6.54 Å². The van der Waals surface area contributed by atoms with Crippen LogP contribution in [0.25, 0.3) is 0 Å². The van der Waals surface area contributed by atoms with Crippen LogP contribution in [0, 0.1) is 11.9 Å². The van der Waals surface area contributed by atoms with Gasteiger partial charge in [0.25, 0.3) is 0 Å². The smallest absolute Gasteiger partial charge is 0.128 e. The van der Waals surface area contributed by atoms with E-state index in [4.69, 9.17) is 0 Å². The molecule has 1 fully saturated rings. The summed E-state index contributed by atoms with van der Waals surface area (Å²) in [4.78, 5) is 2.32. The number of halogens is 1. The van der Waals surface area contributed by atoms with Crippen LogP contribution in [0.3, 0.4) is 0 Å². The van der Waals surface area contributed by atoms with Crippen LogP contribution >= 0.6 is 0 Å². The summed E-state index contributed by atoms with van der Waals surface area (Å²) in [5.41, 5.74) is 0.544. The lowest BCUT2D eigenvalue weighted by Crippen LogP contribution is -2.40. The molecule has 1 saturated heterocycles. The SMILES string of the molecule is C[C]1CCCN1C(C)(C)c1ccccc1F. The van der Waals surface area contributed by atoms with Crippen LogP contribution < -0.4 is 0 Å². The maximum atomic E-state index is 13.8. The highest BCUT2D eigenvalue weighted by Gasteiger charge is 2.36. The molecular weight excluding hydrogens is 201 g/mol. The summed E-state index contributed by atoms with van der Waals surface area (Å²) in [6.07, 6.45) is 2.32. The van der Waals surface area contributed by atoms with Crippen molar-refractivity contribution in [3.63, 3.8) is 0 Å². The highest BCUT2D eigenvalue weighted by molar-refractivity contribution is 5.26. The van der Waals surface area contributed by atoms with Gasteiger partial charge in [0.1, 0.15) is 5.82 Å². The van der Waals surface area contributed by atoms with Gasteiger partial charge in [-0.3, -0.25) is 4.90 Å². The number of nitrogens with zero attached hydrogens (tertiary/aromatic N) is 1. The average molecular weight is 220 g/mol. The van der Waals surface area contributed by atoms with Crippen molar-refractivity contribution in [1.29, 1.82) is 0 Å². The molecule has 1 aromatic rings. The number of hydrogen-bond donors (Lipinski definition) is 0. The van der Waals surface area contributed by atoms with E-state index in [2.05, 4.69) is 25.7 Å². The number of hydrogen-bond acceptors (Lipinski definition) is 1. The van der Waals surface area contributed by atoms with E-state index in [1.807, 2.05) is 12.1 Å². The van der Waals surface area contributed by atoms with E-state index in [9.17, 15) is 4.39 Å². The summed E-state index contributed by atoms with van der Waals surface area (Å²) in [7, 11) is 0. The summed E-state index contributed by atoms with van der Waals surface area (Å²) in [5, 5.41) is 0. The Morgan fingerprint density at radius 2 is 1.94 bits per heavy atom. The van der Waals surface area contributed by atoms with Gasteiger partial charge in [0, 0.05) is 17.1 Å². The monoisotopic (exact) mass is 220 g/mol. The molecule has 0 amide bonds. The summed E-state index contributed by atoms with van der Waals surface area (Å²) >= 11 is 0. The van der Waals surface area contributed by atoms with Gasteiger partial charge in [-0.05, 0) is 46.2 Å². The second-order valence-corrected chi connectivity index (χ2v) is 5.03. The van der Waals surface area contributed by atoms with Gasteiger partial charge < -0.3 is 0 Å². The second-order valence-electron chi connectivity index (χ2n) is 5.03. The molecule has 87 valence electrons. The maximum absolute atomic E-state index is 13.8. The van der Waals surface area contributed by atoms with Crippen LogP contribution in [0.1, 0.15) is 39.2 Å². The lowest BCUT2D eigenvalue weighted by atomic mass is 9.91. The molecule has 1 nitrogen and oxygen atoms in total. The van der Waals surface area contributed by atoms with Crippen LogP contribution in [0.15, 0.2) is 24.3 Å². The van der Waals surface area contributed by atoms with E-state index in [1.165, 1.54) is 12.5 Å². The zero-order chi connectivity index (χ0) is 11.8. The van der Waals surface area contributed by atoms with Crippen LogP contribution in [-0.2, 0) is 5.54 Å². The Balaban J connectivity index is 2.34. The fraction of sp³-hybridized carbons (Fsp3) is 0.500. The van der Waals surface area contributed by atoms with Gasteiger partial charge in [0.15, 0.2) is 0 Å². The minimum Gasteiger partial charge on any atom is -0.287 e. The minimum atomic E-state index is -0.244. The van der Waals surface area contributed by atoms with Crippen molar-refractivity contribution in [3.05, 3.63) is 41.7 Å². The third-order valence-electron chi connectivity index (χ3n) is 3.59. The first kappa shape index (κ1) is 11.6. The van der Waals surface area contributed by atoms with Gasteiger partial charge in [-0.15, -0.1) is 0 Å². The molecule has 0 N–H and O–H groups in total. The van der Waals surface area contributed by atoms with E-state index < -0.39 is 0 Å². The van der Waals surface area contributed by atoms with Gasteiger partial charge in [-0.2, -0.15) is 0 Å². The van der Waals surface area contributed by atoms with Crippen molar-refractivity contribution >= 4 is 0 Å². The second kappa shape index (κ2) is 4.17. The summed E-state index contributed by atoms with van der Waals surface area (Å²) in [5.74, 6) is -0.104. The molecule has 0 atom stereocenters. The van der Waals surface area contributed by atoms with Crippen molar-refractivity contribution in [3.8, 4) is 0 Å². The number of likely N-dealkylation sites (tertiary alicyclic amines) is 1. The van der Waals surface area contributed by atoms with Crippen LogP contribution in [0.2, 0.25) is 0 Å². The summed E-state index contributed by atoms with van der Waals surface area (Å²) in [6.45, 7) is 7.38. The Morgan fingerprint density at radius 3 is 2.50 bits per heavy atom. The molecule has 1 radical (unpaired) electrons. The first-order valence-electron chi connectivity index (χ1n) is 5.88. The highest BCUT2D eigenvalue weighted by atomic mass is 19.1. The third kappa shape index (κ3) is 1.86. The lowest BCUT2D eigenvalue weighted by molar-refractivity contribution is 0.155. The minimum absolute atomic E-state index is 0.104. The van der Waals surface area contributed by atoms with E-state index in [0.717, 1.165) is 18.5 Å². The number of benzene rings is 1. The molecule has 1 aromatic carbocycles. The van der Waals surface area contributed by atoms with E-state index in [-0.39, 0.29) is 11.4 Å². The molecule has 0 unspecified atom stereocenters. The quantitative estimate of drug-likeness (QED) is 0.734. The van der Waals surface area contributed by atoms with E-state index >= 15 is 0 Å². The Morgan fingerprint density at radius 1 is 1.25 bits per heavy atom. The molecule has 16 heavy (non-hydrogen) atoms. The molecule has 2 rings (SSSR count). The zero-order valence-electron chi connectivity index (χ0n) is 10.3. The topological polar surface area (TPSA) is 3.24 Å². The molecule has 0 spiro atoms. The largest absolute Gasteiger partial charge is 0.287 e. The van der Waals surface area contributed by atoms with Gasteiger partial charge in [-0.1, -0.05) is 18.2 Å².